The van der Waals surface area contributed by atoms with Gasteiger partial charge in [0.25, 0.3) is 0 Å². The number of aromatic nitrogens is 2. The smallest absolute Gasteiger partial charge is 0.218 e. The highest BCUT2D eigenvalue weighted by Crippen LogP contribution is 2.42. The average molecular weight is 612 g/mol. The molecule has 4 aromatic rings. The first-order chi connectivity index (χ1) is 20.2. The zero-order chi connectivity index (χ0) is 30.2. The Bertz CT molecular complexity index is 1400. The van der Waals surface area contributed by atoms with E-state index in [0.717, 1.165) is 33.4 Å². The van der Waals surface area contributed by atoms with Gasteiger partial charge in [0.05, 0.1) is 47.9 Å². The predicted molar refractivity (Wildman–Crippen MR) is 168 cm³/mol. The largest absolute Gasteiger partial charge is 0.496 e. The molecule has 2 aromatic heterocycles. The van der Waals surface area contributed by atoms with E-state index < -0.39 is 12.2 Å². The zero-order valence-electron chi connectivity index (χ0n) is 24.1. The molecule has 0 saturated carbocycles. The molecule has 0 aliphatic rings. The highest BCUT2D eigenvalue weighted by molar-refractivity contribution is 6.39. The highest BCUT2D eigenvalue weighted by atomic mass is 35.5. The minimum Gasteiger partial charge on any atom is -0.496 e. The third-order valence-electron chi connectivity index (χ3n) is 6.66. The van der Waals surface area contributed by atoms with Gasteiger partial charge in [-0.25, -0.2) is 4.98 Å². The topological polar surface area (TPSA) is 109 Å². The molecule has 4 N–H and O–H groups in total. The number of pyridine rings is 2. The third kappa shape index (κ3) is 7.58. The van der Waals surface area contributed by atoms with Crippen LogP contribution in [0.5, 0.6) is 11.6 Å². The van der Waals surface area contributed by atoms with Gasteiger partial charge < -0.3 is 30.3 Å². The number of benzene rings is 2. The fourth-order valence-electron chi connectivity index (χ4n) is 4.59. The molecule has 0 unspecified atom stereocenters. The second-order valence-corrected chi connectivity index (χ2v) is 10.8. The molecule has 0 aliphatic heterocycles. The second kappa shape index (κ2) is 14.8. The summed E-state index contributed by atoms with van der Waals surface area (Å²) in [5.41, 5.74) is 6.11. The number of nitrogens with zero attached hydrogens (tertiary/aromatic N) is 2. The molecule has 0 spiro atoms. The summed E-state index contributed by atoms with van der Waals surface area (Å²) < 4.78 is 11.2. The third-order valence-corrected chi connectivity index (χ3v) is 7.45. The Morgan fingerprint density at radius 1 is 0.786 bits per heavy atom. The van der Waals surface area contributed by atoms with Gasteiger partial charge in [0, 0.05) is 65.8 Å². The van der Waals surface area contributed by atoms with Crippen LogP contribution in [0.15, 0.2) is 60.8 Å². The molecule has 0 bridgehead atoms. The minimum atomic E-state index is -0.449. The first-order valence-electron chi connectivity index (χ1n) is 13.7. The molecule has 2 heterocycles. The maximum Gasteiger partial charge on any atom is 0.218 e. The van der Waals surface area contributed by atoms with E-state index in [2.05, 4.69) is 15.6 Å². The number of ether oxygens (including phenoxy) is 2. The molecular formula is C32H36Cl2N4O4. The molecule has 0 amide bonds. The molecule has 0 aliphatic carbocycles. The van der Waals surface area contributed by atoms with Gasteiger partial charge in [-0.15, -0.1) is 0 Å². The van der Waals surface area contributed by atoms with Crippen molar-refractivity contribution in [2.24, 2.45) is 0 Å². The summed E-state index contributed by atoms with van der Waals surface area (Å²) in [7, 11) is 3.20. The van der Waals surface area contributed by atoms with Crippen LogP contribution in [0, 0.1) is 0 Å². The Hall–Kier alpha value is -3.24. The molecule has 2 aromatic carbocycles. The normalized spacial score (nSPS) is 12.7. The van der Waals surface area contributed by atoms with Crippen molar-refractivity contribution < 1.29 is 19.7 Å². The van der Waals surface area contributed by atoms with E-state index >= 15 is 0 Å². The summed E-state index contributed by atoms with van der Waals surface area (Å²) >= 11 is 14.0. The Morgan fingerprint density at radius 3 is 2.10 bits per heavy atom. The van der Waals surface area contributed by atoms with Crippen LogP contribution >= 0.6 is 23.2 Å². The Balaban J connectivity index is 1.66. The van der Waals surface area contributed by atoms with Gasteiger partial charge in [-0.05, 0) is 32.0 Å². The maximum atomic E-state index is 9.54. The van der Waals surface area contributed by atoms with Crippen LogP contribution in [0.4, 0.5) is 0 Å². The van der Waals surface area contributed by atoms with Crippen LogP contribution in [0.3, 0.4) is 0 Å². The lowest BCUT2D eigenvalue weighted by Gasteiger charge is -2.16. The van der Waals surface area contributed by atoms with E-state index in [9.17, 15) is 10.2 Å². The lowest BCUT2D eigenvalue weighted by Crippen LogP contribution is -2.24. The molecule has 42 heavy (non-hydrogen) atoms. The molecule has 0 saturated heterocycles. The maximum absolute atomic E-state index is 9.54. The fourth-order valence-corrected chi connectivity index (χ4v) is 5.24. The number of aliphatic hydroxyl groups excluding tert-OH is 2. The monoisotopic (exact) mass is 610 g/mol. The van der Waals surface area contributed by atoms with Crippen LogP contribution in [-0.4, -0.2) is 59.7 Å². The van der Waals surface area contributed by atoms with Gasteiger partial charge in [-0.2, -0.15) is 0 Å². The van der Waals surface area contributed by atoms with E-state index in [1.807, 2.05) is 54.6 Å². The van der Waals surface area contributed by atoms with Crippen molar-refractivity contribution in [2.45, 2.75) is 39.1 Å². The quantitative estimate of drug-likeness (QED) is 0.152. The fraction of sp³-hybridized carbons (Fsp3) is 0.312. The Kier molecular flexibility index (Phi) is 11.2. The Labute approximate surface area is 256 Å². The van der Waals surface area contributed by atoms with Gasteiger partial charge in [-0.1, -0.05) is 59.6 Å². The second-order valence-electron chi connectivity index (χ2n) is 10.0. The number of methoxy groups -OCH3 is 2. The lowest BCUT2D eigenvalue weighted by molar-refractivity contribution is 0.190. The van der Waals surface area contributed by atoms with Crippen molar-refractivity contribution >= 4 is 23.2 Å². The molecular weight excluding hydrogens is 575 g/mol. The molecule has 4 rings (SSSR count). The zero-order valence-corrected chi connectivity index (χ0v) is 25.6. The number of nitrogens with one attached hydrogen (secondary N) is 2. The van der Waals surface area contributed by atoms with Crippen molar-refractivity contribution in [3.05, 3.63) is 82.0 Å². The van der Waals surface area contributed by atoms with E-state index in [-0.39, 0.29) is 0 Å². The van der Waals surface area contributed by atoms with Gasteiger partial charge in [0.2, 0.25) is 5.88 Å². The van der Waals surface area contributed by atoms with Crippen LogP contribution < -0.4 is 20.1 Å². The van der Waals surface area contributed by atoms with E-state index in [0.29, 0.717) is 59.2 Å². The lowest BCUT2D eigenvalue weighted by atomic mass is 9.99. The van der Waals surface area contributed by atoms with E-state index in [4.69, 9.17) is 37.7 Å². The highest BCUT2D eigenvalue weighted by Gasteiger charge is 2.18. The standard InChI is InChI=1S/C32H36Cl2N4O4/c1-19(39)15-35-17-22-9-8-21(14-28(22)41-3)31-30(34)25(12-13-37-31)24-6-5-7-26(29(24)33)27-11-10-23(32(38-27)42-4)18-36-16-20(2)40/h5-14,19-20,35-36,39-40H,15-18H2,1-4H3/t19-,20+/m1/s1. The van der Waals surface area contributed by atoms with Crippen molar-refractivity contribution in [3.8, 4) is 45.3 Å². The van der Waals surface area contributed by atoms with Crippen LogP contribution in [0.1, 0.15) is 25.0 Å². The van der Waals surface area contributed by atoms with E-state index in [1.54, 1.807) is 34.3 Å². The summed E-state index contributed by atoms with van der Waals surface area (Å²) in [6.07, 6.45) is 0.822. The first kappa shape index (κ1) is 31.7. The molecule has 0 fully saturated rings. The van der Waals surface area contributed by atoms with Gasteiger partial charge >= 0.3 is 0 Å². The van der Waals surface area contributed by atoms with E-state index in [1.165, 1.54) is 0 Å². The molecule has 8 nitrogen and oxygen atoms in total. The van der Waals surface area contributed by atoms with Crippen LogP contribution in [-0.2, 0) is 13.1 Å². The van der Waals surface area contributed by atoms with Crippen molar-refractivity contribution in [1.82, 2.24) is 20.6 Å². The number of aliphatic hydroxyl groups is 2. The number of rotatable bonds is 13. The summed E-state index contributed by atoms with van der Waals surface area (Å²) in [5, 5.41) is 26.4. The van der Waals surface area contributed by atoms with Crippen molar-refractivity contribution in [1.29, 1.82) is 0 Å². The van der Waals surface area contributed by atoms with Gasteiger partial charge in [0.15, 0.2) is 0 Å². The first-order valence-corrected chi connectivity index (χ1v) is 14.4. The Morgan fingerprint density at radius 2 is 1.43 bits per heavy atom. The summed E-state index contributed by atoms with van der Waals surface area (Å²) in [6, 6.07) is 17.2. The van der Waals surface area contributed by atoms with Crippen molar-refractivity contribution in [3.63, 3.8) is 0 Å². The predicted octanol–water partition coefficient (Wildman–Crippen LogP) is 5.74. The summed E-state index contributed by atoms with van der Waals surface area (Å²) in [6.45, 7) is 5.47. The molecule has 2 atom stereocenters. The summed E-state index contributed by atoms with van der Waals surface area (Å²) in [5.74, 6) is 1.17. The molecule has 10 heteroatoms. The number of hydrogen-bond acceptors (Lipinski definition) is 8. The van der Waals surface area contributed by atoms with Crippen LogP contribution in [0.25, 0.3) is 33.6 Å². The van der Waals surface area contributed by atoms with Gasteiger partial charge in [0.1, 0.15) is 5.75 Å². The summed E-state index contributed by atoms with van der Waals surface area (Å²) in [4.78, 5) is 9.29. The molecule has 0 radical (unpaired) electrons. The van der Waals surface area contributed by atoms with Crippen molar-refractivity contribution in [2.75, 3.05) is 27.3 Å². The van der Waals surface area contributed by atoms with Crippen LogP contribution in [0.2, 0.25) is 10.0 Å². The average Bonchev–Trinajstić information content (AvgIpc) is 2.97. The minimum absolute atomic E-state index is 0.438. The van der Waals surface area contributed by atoms with Gasteiger partial charge in [-0.3, -0.25) is 4.98 Å². The number of hydrogen-bond donors (Lipinski definition) is 4. The SMILES string of the molecule is COc1cc(-c2nccc(-c3cccc(-c4ccc(CNC[C@H](C)O)c(OC)n4)c3Cl)c2Cl)ccc1CNC[C@@H](C)O. The molecule has 222 valence electrons. The number of halogens is 2.